The molecule has 0 atom stereocenters. The summed E-state index contributed by atoms with van der Waals surface area (Å²) in [5, 5.41) is 22.1. The highest BCUT2D eigenvalue weighted by molar-refractivity contribution is 5.68. The van der Waals surface area contributed by atoms with Crippen LogP contribution in [0.2, 0.25) is 0 Å². The lowest BCUT2D eigenvalue weighted by atomic mass is 9.97. The molecule has 0 spiro atoms. The molecule has 3 aromatic rings. The number of likely N-dealkylation sites (N-methyl/N-ethyl adjacent to an activating group) is 1. The van der Waals surface area contributed by atoms with Gasteiger partial charge in [0.25, 0.3) is 5.56 Å². The number of aromatic nitrogens is 3. The Kier molecular flexibility index (Phi) is 8.61. The number of H-pyrrole nitrogens is 1. The number of carboxylic acids is 1. The third kappa shape index (κ3) is 6.12. The van der Waals surface area contributed by atoms with Crippen molar-refractivity contribution in [3.8, 4) is 17.3 Å². The van der Waals surface area contributed by atoms with Gasteiger partial charge in [-0.2, -0.15) is 14.9 Å². The van der Waals surface area contributed by atoms with Crippen LogP contribution in [-0.4, -0.2) is 50.7 Å². The summed E-state index contributed by atoms with van der Waals surface area (Å²) in [6.45, 7) is 5.89. The number of carbonyl (C=O) groups is 1. The maximum Gasteiger partial charge on any atom is 0.303 e. The molecule has 8 heteroatoms. The highest BCUT2D eigenvalue weighted by atomic mass is 16.4. The summed E-state index contributed by atoms with van der Waals surface area (Å²) in [6.07, 6.45) is 6.43. The highest BCUT2D eigenvalue weighted by Crippen LogP contribution is 2.26. The van der Waals surface area contributed by atoms with Gasteiger partial charge in [0.2, 0.25) is 0 Å². The fourth-order valence-corrected chi connectivity index (χ4v) is 4.16. The van der Waals surface area contributed by atoms with E-state index >= 15 is 0 Å². The van der Waals surface area contributed by atoms with Crippen LogP contribution in [0.5, 0.6) is 0 Å². The van der Waals surface area contributed by atoms with Crippen LogP contribution in [0, 0.1) is 11.3 Å². The summed E-state index contributed by atoms with van der Waals surface area (Å²) < 4.78 is 1.27. The monoisotopic (exact) mass is 463 g/mol. The quantitative estimate of drug-likeness (QED) is 0.389. The predicted octanol–water partition coefficient (Wildman–Crippen LogP) is 4.19. The Morgan fingerprint density at radius 2 is 1.88 bits per heavy atom. The smallest absolute Gasteiger partial charge is 0.303 e. The van der Waals surface area contributed by atoms with Crippen LogP contribution in [0.4, 0.5) is 0 Å². The van der Waals surface area contributed by atoms with Crippen LogP contribution in [-0.2, 0) is 11.2 Å². The van der Waals surface area contributed by atoms with Crippen molar-refractivity contribution in [1.29, 1.82) is 5.26 Å². The van der Waals surface area contributed by atoms with E-state index in [0.29, 0.717) is 16.8 Å². The molecule has 0 aliphatic heterocycles. The molecule has 34 heavy (non-hydrogen) atoms. The summed E-state index contributed by atoms with van der Waals surface area (Å²) in [4.78, 5) is 29.2. The van der Waals surface area contributed by atoms with Crippen LogP contribution in [0.25, 0.3) is 16.9 Å². The first kappa shape index (κ1) is 25.2. The fourth-order valence-electron chi connectivity index (χ4n) is 4.16. The number of nitrogens with one attached hydrogen (secondary N) is 1. The number of hydrogen-bond donors (Lipinski definition) is 2. The minimum atomic E-state index is -0.718. The number of carboxylic acid groups (broad SMARTS) is 1. The minimum absolute atomic E-state index is 0.00432. The lowest BCUT2D eigenvalue weighted by Crippen LogP contribution is -2.23. The van der Waals surface area contributed by atoms with Gasteiger partial charge in [0.15, 0.2) is 5.65 Å². The molecule has 3 rings (SSSR count). The SMILES string of the molecule is CC(C)c1c(-c2ccc(CCN(C)CCCCCCC(=O)O)cc2)[nH]c2c(C#N)cnn2c1=O. The van der Waals surface area contributed by atoms with Crippen molar-refractivity contribution in [3.63, 3.8) is 0 Å². The van der Waals surface area contributed by atoms with Gasteiger partial charge in [0.05, 0.1) is 11.9 Å². The van der Waals surface area contributed by atoms with Gasteiger partial charge < -0.3 is 15.0 Å². The molecule has 2 aromatic heterocycles. The molecule has 0 amide bonds. The van der Waals surface area contributed by atoms with Crippen molar-refractivity contribution in [2.75, 3.05) is 20.1 Å². The Balaban J connectivity index is 1.64. The molecule has 0 radical (unpaired) electrons. The Bertz CT molecular complexity index is 1220. The van der Waals surface area contributed by atoms with Crippen molar-refractivity contribution < 1.29 is 9.90 Å². The zero-order valence-electron chi connectivity index (χ0n) is 20.2. The number of aromatic amines is 1. The molecule has 0 saturated carbocycles. The van der Waals surface area contributed by atoms with E-state index in [2.05, 4.69) is 40.2 Å². The molecule has 2 heterocycles. The summed E-state index contributed by atoms with van der Waals surface area (Å²) in [5.41, 5.74) is 4.07. The second kappa shape index (κ2) is 11.6. The topological polar surface area (TPSA) is 114 Å². The normalized spacial score (nSPS) is 11.4. The van der Waals surface area contributed by atoms with Gasteiger partial charge in [-0.1, -0.05) is 51.0 Å². The van der Waals surface area contributed by atoms with Gasteiger partial charge in [-0.05, 0) is 49.9 Å². The molecule has 0 saturated heterocycles. The maximum absolute atomic E-state index is 13.1. The van der Waals surface area contributed by atoms with Crippen LogP contribution >= 0.6 is 0 Å². The Labute approximate surface area is 199 Å². The standard InChI is InChI=1S/C26H33N5O3/c1-18(2)23-24(29-25-21(16-27)17-28-31(25)26(23)34)20-11-9-19(10-12-20)13-15-30(3)14-7-5-4-6-8-22(32)33/h9-12,17-18,29H,4-8,13-15H2,1-3H3,(H,32,33). The first-order valence-corrected chi connectivity index (χ1v) is 11.9. The second-order valence-electron chi connectivity index (χ2n) is 9.11. The molecule has 0 fully saturated rings. The van der Waals surface area contributed by atoms with Crippen LogP contribution in [0.15, 0.2) is 35.3 Å². The molecule has 0 bridgehead atoms. The minimum Gasteiger partial charge on any atom is -0.481 e. The fraction of sp³-hybridized carbons (Fsp3) is 0.462. The molecule has 2 N–H and O–H groups in total. The number of fused-ring (bicyclic) bond motifs is 1. The average molecular weight is 464 g/mol. The summed E-state index contributed by atoms with van der Waals surface area (Å²) >= 11 is 0. The number of unbranched alkanes of at least 4 members (excludes halogenated alkanes) is 3. The van der Waals surface area contributed by atoms with Crippen molar-refractivity contribution in [3.05, 3.63) is 57.5 Å². The Morgan fingerprint density at radius 1 is 1.18 bits per heavy atom. The van der Waals surface area contributed by atoms with Crippen molar-refractivity contribution in [2.24, 2.45) is 0 Å². The van der Waals surface area contributed by atoms with E-state index < -0.39 is 5.97 Å². The number of hydrogen-bond acceptors (Lipinski definition) is 5. The average Bonchev–Trinajstić information content (AvgIpc) is 3.23. The van der Waals surface area contributed by atoms with Crippen LogP contribution in [0.1, 0.15) is 68.6 Å². The molecular formula is C26H33N5O3. The molecular weight excluding hydrogens is 430 g/mol. The largest absolute Gasteiger partial charge is 0.481 e. The lowest BCUT2D eigenvalue weighted by molar-refractivity contribution is -0.137. The van der Waals surface area contributed by atoms with E-state index in [4.69, 9.17) is 5.11 Å². The third-order valence-corrected chi connectivity index (χ3v) is 6.11. The zero-order chi connectivity index (χ0) is 24.7. The van der Waals surface area contributed by atoms with Gasteiger partial charge >= 0.3 is 5.97 Å². The maximum atomic E-state index is 13.1. The Hall–Kier alpha value is -3.44. The molecule has 0 unspecified atom stereocenters. The van der Waals surface area contributed by atoms with Crippen molar-refractivity contribution in [2.45, 2.75) is 58.3 Å². The zero-order valence-corrected chi connectivity index (χ0v) is 20.2. The number of aliphatic carboxylic acids is 1. The van der Waals surface area contributed by atoms with Crippen LogP contribution in [0.3, 0.4) is 0 Å². The van der Waals surface area contributed by atoms with Gasteiger partial charge in [0, 0.05) is 18.5 Å². The molecule has 0 aliphatic rings. The van der Waals surface area contributed by atoms with Gasteiger partial charge in [0.1, 0.15) is 11.6 Å². The van der Waals surface area contributed by atoms with Crippen molar-refractivity contribution in [1.82, 2.24) is 19.5 Å². The number of rotatable bonds is 12. The number of nitriles is 1. The predicted molar refractivity (Wildman–Crippen MR) is 132 cm³/mol. The Morgan fingerprint density at radius 3 is 2.53 bits per heavy atom. The number of benzene rings is 1. The molecule has 180 valence electrons. The van der Waals surface area contributed by atoms with Crippen molar-refractivity contribution >= 4 is 11.6 Å². The van der Waals surface area contributed by atoms with E-state index in [9.17, 15) is 14.9 Å². The van der Waals surface area contributed by atoms with E-state index in [1.54, 1.807) is 0 Å². The first-order chi connectivity index (χ1) is 16.3. The van der Waals surface area contributed by atoms with Gasteiger partial charge in [-0.25, -0.2) is 0 Å². The van der Waals surface area contributed by atoms with E-state index in [0.717, 1.165) is 56.5 Å². The molecule has 0 aliphatic carbocycles. The summed E-state index contributed by atoms with van der Waals surface area (Å²) in [5.74, 6) is -0.723. The van der Waals surface area contributed by atoms with Gasteiger partial charge in [-0.15, -0.1) is 0 Å². The third-order valence-electron chi connectivity index (χ3n) is 6.11. The molecule has 8 nitrogen and oxygen atoms in total. The number of nitrogens with zero attached hydrogens (tertiary/aromatic N) is 4. The van der Waals surface area contributed by atoms with Gasteiger partial charge in [-0.3, -0.25) is 9.59 Å². The molecule has 1 aromatic carbocycles. The van der Waals surface area contributed by atoms with Crippen LogP contribution < -0.4 is 5.56 Å². The van der Waals surface area contributed by atoms with E-state index in [1.165, 1.54) is 16.3 Å². The van der Waals surface area contributed by atoms with E-state index in [1.807, 2.05) is 26.0 Å². The lowest BCUT2D eigenvalue weighted by Gasteiger charge is -2.17. The van der Waals surface area contributed by atoms with E-state index in [-0.39, 0.29) is 17.9 Å². The summed E-state index contributed by atoms with van der Waals surface area (Å²) in [6, 6.07) is 10.3. The second-order valence-corrected chi connectivity index (χ2v) is 9.11. The summed E-state index contributed by atoms with van der Waals surface area (Å²) in [7, 11) is 2.11. The highest BCUT2D eigenvalue weighted by Gasteiger charge is 2.19. The first-order valence-electron chi connectivity index (χ1n) is 11.9.